The maximum absolute atomic E-state index is 12.2. The first-order chi connectivity index (χ1) is 8.20. The standard InChI is InChI=1S/C12H24N2O3/c1-17-9-6-11(13)12(16)14(7-8-15)10-4-2-3-5-10/h10-11,15H,2-9,13H2,1H3. The van der Waals surface area contributed by atoms with Crippen molar-refractivity contribution in [3.05, 3.63) is 0 Å². The van der Waals surface area contributed by atoms with Crippen LogP contribution in [0.4, 0.5) is 0 Å². The SMILES string of the molecule is COCCC(N)C(=O)N(CCO)C1CCCC1. The molecular formula is C12H24N2O3. The maximum Gasteiger partial charge on any atom is 0.239 e. The molecule has 5 heteroatoms. The van der Waals surface area contributed by atoms with Crippen LogP contribution in [0.2, 0.25) is 0 Å². The highest BCUT2D eigenvalue weighted by atomic mass is 16.5. The quantitative estimate of drug-likeness (QED) is 0.666. The van der Waals surface area contributed by atoms with Gasteiger partial charge in [0.05, 0.1) is 12.6 Å². The highest BCUT2D eigenvalue weighted by molar-refractivity contribution is 5.82. The largest absolute Gasteiger partial charge is 0.395 e. The molecule has 0 spiro atoms. The van der Waals surface area contributed by atoms with Crippen LogP contribution >= 0.6 is 0 Å². The van der Waals surface area contributed by atoms with Crippen molar-refractivity contribution in [3.63, 3.8) is 0 Å². The number of nitrogens with zero attached hydrogens (tertiary/aromatic N) is 1. The fraction of sp³-hybridized carbons (Fsp3) is 0.917. The second-order valence-corrected chi connectivity index (χ2v) is 4.58. The van der Waals surface area contributed by atoms with Gasteiger partial charge < -0.3 is 20.5 Å². The molecule has 5 nitrogen and oxygen atoms in total. The van der Waals surface area contributed by atoms with E-state index in [1.807, 2.05) is 0 Å². The average molecular weight is 244 g/mol. The van der Waals surface area contributed by atoms with Crippen LogP contribution in [0.25, 0.3) is 0 Å². The number of hydrogen-bond donors (Lipinski definition) is 2. The van der Waals surface area contributed by atoms with E-state index in [4.69, 9.17) is 15.6 Å². The van der Waals surface area contributed by atoms with Gasteiger partial charge in [-0.2, -0.15) is 0 Å². The number of aliphatic hydroxyl groups is 1. The summed E-state index contributed by atoms with van der Waals surface area (Å²) < 4.78 is 4.93. The van der Waals surface area contributed by atoms with Crippen molar-refractivity contribution in [1.29, 1.82) is 0 Å². The van der Waals surface area contributed by atoms with Crippen LogP contribution in [-0.2, 0) is 9.53 Å². The van der Waals surface area contributed by atoms with Crippen LogP contribution in [0.1, 0.15) is 32.1 Å². The number of methoxy groups -OCH3 is 1. The topological polar surface area (TPSA) is 75.8 Å². The summed E-state index contributed by atoms with van der Waals surface area (Å²) in [5, 5.41) is 9.04. The lowest BCUT2D eigenvalue weighted by atomic mass is 10.1. The van der Waals surface area contributed by atoms with Crippen molar-refractivity contribution in [2.45, 2.75) is 44.2 Å². The molecule has 0 aromatic heterocycles. The molecule has 1 saturated carbocycles. The number of aliphatic hydroxyl groups excluding tert-OH is 1. The van der Waals surface area contributed by atoms with Gasteiger partial charge in [-0.1, -0.05) is 12.8 Å². The van der Waals surface area contributed by atoms with Gasteiger partial charge in [-0.25, -0.2) is 0 Å². The molecule has 0 aromatic carbocycles. The number of hydrogen-bond acceptors (Lipinski definition) is 4. The first-order valence-corrected chi connectivity index (χ1v) is 6.36. The highest BCUT2D eigenvalue weighted by Crippen LogP contribution is 2.23. The van der Waals surface area contributed by atoms with Crippen LogP contribution < -0.4 is 5.73 Å². The lowest BCUT2D eigenvalue weighted by Gasteiger charge is -2.30. The second-order valence-electron chi connectivity index (χ2n) is 4.58. The molecule has 0 radical (unpaired) electrons. The minimum absolute atomic E-state index is 0.000756. The summed E-state index contributed by atoms with van der Waals surface area (Å²) in [4.78, 5) is 13.9. The van der Waals surface area contributed by atoms with Gasteiger partial charge in [0.2, 0.25) is 5.91 Å². The Balaban J connectivity index is 2.52. The molecule has 0 heterocycles. The lowest BCUT2D eigenvalue weighted by Crippen LogP contribution is -2.49. The maximum atomic E-state index is 12.2. The van der Waals surface area contributed by atoms with E-state index in [2.05, 4.69) is 0 Å². The van der Waals surface area contributed by atoms with Gasteiger partial charge in [-0.05, 0) is 19.3 Å². The third-order valence-electron chi connectivity index (χ3n) is 3.34. The van der Waals surface area contributed by atoms with E-state index in [0.717, 1.165) is 25.7 Å². The van der Waals surface area contributed by atoms with Crippen molar-refractivity contribution in [1.82, 2.24) is 4.90 Å². The zero-order valence-electron chi connectivity index (χ0n) is 10.6. The summed E-state index contributed by atoms with van der Waals surface area (Å²) in [7, 11) is 1.60. The lowest BCUT2D eigenvalue weighted by molar-refractivity contribution is -0.135. The van der Waals surface area contributed by atoms with Crippen LogP contribution in [0.5, 0.6) is 0 Å². The first kappa shape index (κ1) is 14.4. The Bertz CT molecular complexity index is 230. The molecule has 0 bridgehead atoms. The average Bonchev–Trinajstić information content (AvgIpc) is 2.85. The fourth-order valence-electron chi connectivity index (χ4n) is 2.38. The van der Waals surface area contributed by atoms with Gasteiger partial charge in [-0.15, -0.1) is 0 Å². The molecule has 3 N–H and O–H groups in total. The molecule has 1 amide bonds. The smallest absolute Gasteiger partial charge is 0.239 e. The molecular weight excluding hydrogens is 220 g/mol. The zero-order valence-corrected chi connectivity index (χ0v) is 10.6. The van der Waals surface area contributed by atoms with Crippen LogP contribution in [0.3, 0.4) is 0 Å². The van der Waals surface area contributed by atoms with Gasteiger partial charge in [0.1, 0.15) is 0 Å². The summed E-state index contributed by atoms with van der Waals surface area (Å²) >= 11 is 0. The molecule has 0 aromatic rings. The monoisotopic (exact) mass is 244 g/mol. The molecule has 1 aliphatic carbocycles. The Morgan fingerprint density at radius 1 is 1.53 bits per heavy atom. The minimum atomic E-state index is -0.512. The number of amides is 1. The van der Waals surface area contributed by atoms with Crippen LogP contribution in [-0.4, -0.2) is 54.9 Å². The number of rotatable bonds is 7. The molecule has 100 valence electrons. The molecule has 1 fully saturated rings. The van der Waals surface area contributed by atoms with Crippen molar-refractivity contribution in [2.24, 2.45) is 5.73 Å². The third-order valence-corrected chi connectivity index (χ3v) is 3.34. The first-order valence-electron chi connectivity index (χ1n) is 6.36. The molecule has 1 aliphatic rings. The van der Waals surface area contributed by atoms with Gasteiger partial charge in [0.15, 0.2) is 0 Å². The van der Waals surface area contributed by atoms with E-state index >= 15 is 0 Å². The van der Waals surface area contributed by atoms with Gasteiger partial charge in [0.25, 0.3) is 0 Å². The van der Waals surface area contributed by atoms with Crippen molar-refractivity contribution in [3.8, 4) is 0 Å². The van der Waals surface area contributed by atoms with Gasteiger partial charge >= 0.3 is 0 Å². The predicted molar refractivity (Wildman–Crippen MR) is 65.5 cm³/mol. The highest BCUT2D eigenvalue weighted by Gasteiger charge is 2.29. The van der Waals surface area contributed by atoms with Gasteiger partial charge in [0, 0.05) is 26.3 Å². The summed E-state index contributed by atoms with van der Waals surface area (Å²) in [6, 6.07) is -0.245. The summed E-state index contributed by atoms with van der Waals surface area (Å²) in [5.74, 6) is -0.0528. The molecule has 0 saturated heterocycles. The molecule has 17 heavy (non-hydrogen) atoms. The summed E-state index contributed by atoms with van der Waals surface area (Å²) in [6.07, 6.45) is 4.91. The summed E-state index contributed by atoms with van der Waals surface area (Å²) in [6.45, 7) is 0.883. The fourth-order valence-corrected chi connectivity index (χ4v) is 2.38. The minimum Gasteiger partial charge on any atom is -0.395 e. The van der Waals surface area contributed by atoms with E-state index < -0.39 is 6.04 Å². The molecule has 1 rings (SSSR count). The van der Waals surface area contributed by atoms with Crippen LogP contribution in [0.15, 0.2) is 0 Å². The Morgan fingerprint density at radius 3 is 2.71 bits per heavy atom. The van der Waals surface area contributed by atoms with E-state index in [9.17, 15) is 4.79 Å². The Morgan fingerprint density at radius 2 is 2.18 bits per heavy atom. The Hall–Kier alpha value is -0.650. The molecule has 0 aliphatic heterocycles. The third kappa shape index (κ3) is 4.26. The number of nitrogens with two attached hydrogens (primary N) is 1. The normalized spacial score (nSPS) is 18.3. The second kappa shape index (κ2) is 7.63. The Kier molecular flexibility index (Phi) is 6.47. The number of carbonyl (C=O) groups is 1. The molecule has 1 atom stereocenters. The van der Waals surface area contributed by atoms with E-state index in [1.54, 1.807) is 12.0 Å². The molecule has 1 unspecified atom stereocenters. The summed E-state index contributed by atoms with van der Waals surface area (Å²) in [5.41, 5.74) is 5.85. The van der Waals surface area contributed by atoms with E-state index in [0.29, 0.717) is 19.6 Å². The predicted octanol–water partition coefficient (Wildman–Crippen LogP) is 0.114. The van der Waals surface area contributed by atoms with Crippen LogP contribution in [0, 0.1) is 0 Å². The van der Waals surface area contributed by atoms with Crippen molar-refractivity contribution < 1.29 is 14.6 Å². The van der Waals surface area contributed by atoms with Gasteiger partial charge in [-0.3, -0.25) is 4.79 Å². The zero-order chi connectivity index (χ0) is 12.7. The van der Waals surface area contributed by atoms with E-state index in [1.165, 1.54) is 0 Å². The number of ether oxygens (including phenoxy) is 1. The Labute approximate surface area is 103 Å². The number of carbonyl (C=O) groups excluding carboxylic acids is 1. The van der Waals surface area contributed by atoms with E-state index in [-0.39, 0.29) is 18.6 Å². The van der Waals surface area contributed by atoms with Crippen molar-refractivity contribution in [2.75, 3.05) is 26.9 Å². The van der Waals surface area contributed by atoms with Crippen molar-refractivity contribution >= 4 is 5.91 Å².